The van der Waals surface area contributed by atoms with Crippen LogP contribution in [0.3, 0.4) is 0 Å². The van der Waals surface area contributed by atoms with E-state index in [9.17, 15) is 9.90 Å². The molecule has 6 nitrogen and oxygen atoms in total. The molecule has 2 rings (SSSR count). The standard InChI is InChI=1S/C19H32N4O2/c1-4-16(2)19(3,25)15-21-18(24)8-10-22-11-13-23(14-12-22)17-7-5-6-9-20-17/h5-7,9,16,25H,4,8,10-15H2,1-3H3,(H,21,24). The Balaban J connectivity index is 1.66. The predicted octanol–water partition coefficient (Wildman–Crippen LogP) is 1.51. The second-order valence-corrected chi connectivity index (χ2v) is 7.21. The lowest BCUT2D eigenvalue weighted by atomic mass is 9.88. The molecule has 1 aromatic rings. The molecule has 1 aliphatic rings. The van der Waals surface area contributed by atoms with Gasteiger partial charge in [-0.1, -0.05) is 26.3 Å². The maximum atomic E-state index is 12.1. The van der Waals surface area contributed by atoms with Crippen molar-refractivity contribution in [2.24, 2.45) is 5.92 Å². The Morgan fingerprint density at radius 2 is 2.08 bits per heavy atom. The summed E-state index contributed by atoms with van der Waals surface area (Å²) in [6, 6.07) is 5.97. The van der Waals surface area contributed by atoms with E-state index in [-0.39, 0.29) is 11.8 Å². The highest BCUT2D eigenvalue weighted by Crippen LogP contribution is 2.18. The smallest absolute Gasteiger partial charge is 0.221 e. The van der Waals surface area contributed by atoms with Crippen LogP contribution < -0.4 is 10.2 Å². The highest BCUT2D eigenvalue weighted by molar-refractivity contribution is 5.76. The van der Waals surface area contributed by atoms with Crippen LogP contribution in [0.5, 0.6) is 0 Å². The number of nitrogens with zero attached hydrogens (tertiary/aromatic N) is 3. The number of amides is 1. The van der Waals surface area contributed by atoms with Gasteiger partial charge in [-0.3, -0.25) is 9.69 Å². The first kappa shape index (κ1) is 19.7. The Morgan fingerprint density at radius 1 is 1.36 bits per heavy atom. The van der Waals surface area contributed by atoms with Gasteiger partial charge in [0.15, 0.2) is 0 Å². The van der Waals surface area contributed by atoms with E-state index in [1.54, 1.807) is 6.92 Å². The minimum absolute atomic E-state index is 0.00994. The summed E-state index contributed by atoms with van der Waals surface area (Å²) in [5, 5.41) is 13.2. The lowest BCUT2D eigenvalue weighted by molar-refractivity contribution is -0.123. The number of aliphatic hydroxyl groups is 1. The number of hydrogen-bond donors (Lipinski definition) is 2. The number of rotatable bonds is 8. The van der Waals surface area contributed by atoms with Crippen LogP contribution in [0.4, 0.5) is 5.82 Å². The predicted molar refractivity (Wildman–Crippen MR) is 101 cm³/mol. The summed E-state index contributed by atoms with van der Waals surface area (Å²) in [5.41, 5.74) is -0.848. The molecule has 0 radical (unpaired) electrons. The summed E-state index contributed by atoms with van der Waals surface area (Å²) in [6.07, 6.45) is 3.18. The normalized spacial score (nSPS) is 19.3. The highest BCUT2D eigenvalue weighted by Gasteiger charge is 2.27. The van der Waals surface area contributed by atoms with Crippen molar-refractivity contribution in [2.45, 2.75) is 39.2 Å². The molecule has 2 unspecified atom stereocenters. The van der Waals surface area contributed by atoms with Gasteiger partial charge in [0.25, 0.3) is 0 Å². The second-order valence-electron chi connectivity index (χ2n) is 7.21. The van der Waals surface area contributed by atoms with E-state index in [0.29, 0.717) is 13.0 Å². The third-order valence-electron chi connectivity index (χ3n) is 5.32. The fourth-order valence-corrected chi connectivity index (χ4v) is 2.98. The third-order valence-corrected chi connectivity index (χ3v) is 5.32. The number of anilines is 1. The fourth-order valence-electron chi connectivity index (χ4n) is 2.98. The summed E-state index contributed by atoms with van der Waals surface area (Å²) in [5.74, 6) is 1.19. The molecule has 25 heavy (non-hydrogen) atoms. The molecule has 0 saturated carbocycles. The molecule has 1 saturated heterocycles. The van der Waals surface area contributed by atoms with Crippen molar-refractivity contribution in [1.82, 2.24) is 15.2 Å². The highest BCUT2D eigenvalue weighted by atomic mass is 16.3. The number of carbonyl (C=O) groups is 1. The molecular formula is C19H32N4O2. The van der Waals surface area contributed by atoms with Crippen LogP contribution in [-0.4, -0.2) is 65.8 Å². The maximum absolute atomic E-state index is 12.1. The first-order chi connectivity index (χ1) is 11.9. The molecule has 6 heteroatoms. The zero-order valence-corrected chi connectivity index (χ0v) is 15.7. The minimum Gasteiger partial charge on any atom is -0.388 e. The van der Waals surface area contributed by atoms with Gasteiger partial charge in [0.2, 0.25) is 5.91 Å². The Labute approximate surface area is 151 Å². The number of carbonyl (C=O) groups excluding carboxylic acids is 1. The first-order valence-electron chi connectivity index (χ1n) is 9.29. The molecule has 1 aliphatic heterocycles. The zero-order chi connectivity index (χ0) is 18.3. The molecule has 0 bridgehead atoms. The van der Waals surface area contributed by atoms with E-state index in [1.807, 2.05) is 38.2 Å². The zero-order valence-electron chi connectivity index (χ0n) is 15.7. The lowest BCUT2D eigenvalue weighted by Gasteiger charge is -2.35. The van der Waals surface area contributed by atoms with Gasteiger partial charge in [-0.25, -0.2) is 4.98 Å². The molecule has 0 aliphatic carbocycles. The van der Waals surface area contributed by atoms with Gasteiger partial charge in [-0.05, 0) is 25.0 Å². The van der Waals surface area contributed by atoms with E-state index >= 15 is 0 Å². The fraction of sp³-hybridized carbons (Fsp3) is 0.684. The van der Waals surface area contributed by atoms with Crippen molar-refractivity contribution < 1.29 is 9.90 Å². The van der Waals surface area contributed by atoms with Gasteiger partial charge < -0.3 is 15.3 Å². The van der Waals surface area contributed by atoms with Crippen molar-refractivity contribution in [1.29, 1.82) is 0 Å². The molecule has 2 heterocycles. The molecule has 1 amide bonds. The molecule has 1 fully saturated rings. The van der Waals surface area contributed by atoms with E-state index < -0.39 is 5.60 Å². The van der Waals surface area contributed by atoms with Crippen molar-refractivity contribution in [3.63, 3.8) is 0 Å². The van der Waals surface area contributed by atoms with Crippen LogP contribution in [0.25, 0.3) is 0 Å². The van der Waals surface area contributed by atoms with Gasteiger partial charge in [-0.15, -0.1) is 0 Å². The average Bonchev–Trinajstić information content (AvgIpc) is 2.65. The van der Waals surface area contributed by atoms with E-state index in [2.05, 4.69) is 20.1 Å². The number of hydrogen-bond acceptors (Lipinski definition) is 5. The van der Waals surface area contributed by atoms with Crippen molar-refractivity contribution in [3.05, 3.63) is 24.4 Å². The maximum Gasteiger partial charge on any atom is 0.221 e. The van der Waals surface area contributed by atoms with Crippen LogP contribution >= 0.6 is 0 Å². The molecule has 1 aromatic heterocycles. The van der Waals surface area contributed by atoms with Gasteiger partial charge >= 0.3 is 0 Å². The Bertz CT molecular complexity index is 527. The summed E-state index contributed by atoms with van der Waals surface area (Å²) >= 11 is 0. The van der Waals surface area contributed by atoms with Crippen LogP contribution in [0.2, 0.25) is 0 Å². The van der Waals surface area contributed by atoms with Gasteiger partial charge in [0, 0.05) is 51.9 Å². The van der Waals surface area contributed by atoms with Gasteiger partial charge in [0.1, 0.15) is 5.82 Å². The molecular weight excluding hydrogens is 316 g/mol. The Hall–Kier alpha value is -1.66. The summed E-state index contributed by atoms with van der Waals surface area (Å²) in [7, 11) is 0. The number of pyridine rings is 1. The van der Waals surface area contributed by atoms with Crippen molar-refractivity contribution in [2.75, 3.05) is 44.2 Å². The van der Waals surface area contributed by atoms with E-state index in [4.69, 9.17) is 0 Å². The molecule has 2 atom stereocenters. The first-order valence-corrected chi connectivity index (χ1v) is 9.29. The van der Waals surface area contributed by atoms with E-state index in [1.165, 1.54) is 0 Å². The largest absolute Gasteiger partial charge is 0.388 e. The van der Waals surface area contributed by atoms with Gasteiger partial charge in [0.05, 0.1) is 5.60 Å². The lowest BCUT2D eigenvalue weighted by Crippen LogP contribution is -2.48. The van der Waals surface area contributed by atoms with Crippen LogP contribution in [0, 0.1) is 5.92 Å². The topological polar surface area (TPSA) is 68.7 Å². The van der Waals surface area contributed by atoms with E-state index in [0.717, 1.165) is 45.0 Å². The summed E-state index contributed by atoms with van der Waals surface area (Å²) < 4.78 is 0. The number of piperazine rings is 1. The number of nitrogens with one attached hydrogen (secondary N) is 1. The monoisotopic (exact) mass is 348 g/mol. The Kier molecular flexibility index (Phi) is 7.20. The van der Waals surface area contributed by atoms with Crippen LogP contribution in [0.1, 0.15) is 33.6 Å². The quantitative estimate of drug-likeness (QED) is 0.745. The third kappa shape index (κ3) is 5.97. The summed E-state index contributed by atoms with van der Waals surface area (Å²) in [6.45, 7) is 10.7. The average molecular weight is 348 g/mol. The molecule has 2 N–H and O–H groups in total. The molecule has 0 aromatic carbocycles. The number of aromatic nitrogens is 1. The van der Waals surface area contributed by atoms with Gasteiger partial charge in [-0.2, -0.15) is 0 Å². The van der Waals surface area contributed by atoms with Crippen molar-refractivity contribution >= 4 is 11.7 Å². The SMILES string of the molecule is CCC(C)C(C)(O)CNC(=O)CCN1CCN(c2ccccn2)CC1. The Morgan fingerprint density at radius 3 is 2.68 bits per heavy atom. The van der Waals surface area contributed by atoms with Crippen LogP contribution in [0.15, 0.2) is 24.4 Å². The summed E-state index contributed by atoms with van der Waals surface area (Å²) in [4.78, 5) is 21.0. The second kappa shape index (κ2) is 9.15. The minimum atomic E-state index is -0.848. The van der Waals surface area contributed by atoms with Crippen molar-refractivity contribution in [3.8, 4) is 0 Å². The van der Waals surface area contributed by atoms with Crippen LogP contribution in [-0.2, 0) is 4.79 Å². The molecule has 0 spiro atoms. The molecule has 140 valence electrons.